The second-order valence-corrected chi connectivity index (χ2v) is 11.6. The number of rotatable bonds is 6. The maximum absolute atomic E-state index is 13.0. The van der Waals surface area contributed by atoms with Crippen LogP contribution in [0.1, 0.15) is 67.9 Å². The van der Waals surface area contributed by atoms with Gasteiger partial charge < -0.3 is 23.9 Å². The molecular weight excluding hydrogens is 482 g/mol. The number of nitrogens with zero attached hydrogens (tertiary/aromatic N) is 3. The standard InChI is InChI=1S/C26H37N3O8/c1-24(2,3)35-19(30)13-16-14-28(17-11-10-12-27-20(16)17)15-18(21(31)32)29(22(33)36-25(4,5)6)23(34)37-26(7,8)9/h10-12,14,18H,13,15H2,1-9H3,(H,31,32). The molecule has 1 unspecified atom stereocenters. The molecule has 0 fully saturated rings. The Labute approximate surface area is 216 Å². The van der Waals surface area contributed by atoms with Gasteiger partial charge in [0, 0.05) is 18.0 Å². The van der Waals surface area contributed by atoms with E-state index < -0.39 is 47.0 Å². The number of carbonyl (C=O) groups is 4. The number of esters is 1. The molecule has 11 heteroatoms. The molecule has 2 aromatic heterocycles. The van der Waals surface area contributed by atoms with Gasteiger partial charge in [-0.1, -0.05) is 0 Å². The molecule has 1 N–H and O–H groups in total. The summed E-state index contributed by atoms with van der Waals surface area (Å²) in [4.78, 5) is 55.7. The van der Waals surface area contributed by atoms with E-state index in [1.54, 1.807) is 86.8 Å². The smallest absolute Gasteiger partial charge is 0.420 e. The summed E-state index contributed by atoms with van der Waals surface area (Å²) in [7, 11) is 0. The lowest BCUT2D eigenvalue weighted by atomic mass is 10.1. The van der Waals surface area contributed by atoms with Crippen LogP contribution in [0.4, 0.5) is 9.59 Å². The zero-order chi connectivity index (χ0) is 28.3. The van der Waals surface area contributed by atoms with Gasteiger partial charge in [0.2, 0.25) is 0 Å². The van der Waals surface area contributed by atoms with Crippen LogP contribution in [0.25, 0.3) is 11.0 Å². The molecule has 0 aromatic carbocycles. The Morgan fingerprint density at radius 2 is 1.43 bits per heavy atom. The lowest BCUT2D eigenvalue weighted by Gasteiger charge is -2.31. The number of hydrogen-bond acceptors (Lipinski definition) is 8. The maximum Gasteiger partial charge on any atom is 0.420 e. The van der Waals surface area contributed by atoms with Crippen LogP contribution in [0.2, 0.25) is 0 Å². The Balaban J connectivity index is 2.51. The van der Waals surface area contributed by atoms with Gasteiger partial charge in [-0.05, 0) is 74.4 Å². The Bertz CT molecular complexity index is 1140. The van der Waals surface area contributed by atoms with Crippen molar-refractivity contribution in [2.45, 2.75) is 98.1 Å². The highest BCUT2D eigenvalue weighted by molar-refractivity contribution is 5.94. The molecule has 11 nitrogen and oxygen atoms in total. The molecule has 0 aliphatic heterocycles. The van der Waals surface area contributed by atoms with Crippen molar-refractivity contribution < 1.29 is 38.5 Å². The van der Waals surface area contributed by atoms with E-state index in [-0.39, 0.29) is 13.0 Å². The second kappa shape index (κ2) is 10.8. The first-order valence-electron chi connectivity index (χ1n) is 11.9. The van der Waals surface area contributed by atoms with Gasteiger partial charge in [-0.3, -0.25) is 9.78 Å². The van der Waals surface area contributed by atoms with E-state index >= 15 is 0 Å². The monoisotopic (exact) mass is 519 g/mol. The van der Waals surface area contributed by atoms with E-state index in [1.807, 2.05) is 0 Å². The van der Waals surface area contributed by atoms with E-state index in [1.165, 1.54) is 4.57 Å². The highest BCUT2D eigenvalue weighted by atomic mass is 16.6. The molecule has 1 atom stereocenters. The van der Waals surface area contributed by atoms with Gasteiger partial charge in [0.1, 0.15) is 16.8 Å². The number of fused-ring (bicyclic) bond motifs is 1. The molecule has 2 aromatic rings. The molecule has 2 amide bonds. The van der Waals surface area contributed by atoms with Crippen LogP contribution in [-0.4, -0.2) is 66.5 Å². The number of carboxylic acids is 1. The summed E-state index contributed by atoms with van der Waals surface area (Å²) in [5, 5.41) is 10.1. The molecule has 37 heavy (non-hydrogen) atoms. The fourth-order valence-corrected chi connectivity index (χ4v) is 3.42. The number of imide groups is 1. The summed E-state index contributed by atoms with van der Waals surface area (Å²) in [6.07, 6.45) is 0.709. The molecule has 2 rings (SSSR count). The van der Waals surface area contributed by atoms with Crippen molar-refractivity contribution in [2.75, 3.05) is 0 Å². The quantitative estimate of drug-likeness (QED) is 0.430. The van der Waals surface area contributed by atoms with Crippen LogP contribution in [0, 0.1) is 0 Å². The Morgan fingerprint density at radius 3 is 1.89 bits per heavy atom. The number of ether oxygens (including phenoxy) is 3. The number of aromatic nitrogens is 2. The number of amides is 2. The molecule has 0 bridgehead atoms. The number of pyridine rings is 1. The molecular formula is C26H37N3O8. The van der Waals surface area contributed by atoms with Crippen LogP contribution >= 0.6 is 0 Å². The third kappa shape index (κ3) is 8.76. The van der Waals surface area contributed by atoms with Crippen molar-refractivity contribution >= 4 is 35.2 Å². The normalized spacial score (nSPS) is 13.1. The van der Waals surface area contributed by atoms with Gasteiger partial charge in [0.25, 0.3) is 0 Å². The van der Waals surface area contributed by atoms with Crippen LogP contribution < -0.4 is 0 Å². The molecule has 0 saturated heterocycles. The van der Waals surface area contributed by atoms with E-state index in [0.717, 1.165) is 0 Å². The first kappa shape index (κ1) is 29.6. The first-order valence-corrected chi connectivity index (χ1v) is 11.9. The fourth-order valence-electron chi connectivity index (χ4n) is 3.42. The first-order chi connectivity index (χ1) is 16.8. The van der Waals surface area contributed by atoms with Gasteiger partial charge in [-0.15, -0.1) is 0 Å². The summed E-state index contributed by atoms with van der Waals surface area (Å²) >= 11 is 0. The molecule has 204 valence electrons. The maximum atomic E-state index is 13.0. The van der Waals surface area contributed by atoms with Crippen molar-refractivity contribution in [1.82, 2.24) is 14.5 Å². The fraction of sp³-hybridized carbons (Fsp3) is 0.577. The molecule has 0 spiro atoms. The summed E-state index contributed by atoms with van der Waals surface area (Å²) in [5.74, 6) is -1.92. The van der Waals surface area contributed by atoms with Crippen LogP contribution in [0.3, 0.4) is 0 Å². The van der Waals surface area contributed by atoms with Crippen molar-refractivity contribution in [3.8, 4) is 0 Å². The molecule has 0 saturated carbocycles. The number of hydrogen-bond donors (Lipinski definition) is 1. The van der Waals surface area contributed by atoms with Crippen molar-refractivity contribution in [3.05, 3.63) is 30.1 Å². The number of carboxylic acid groups (broad SMARTS) is 1. The topological polar surface area (TPSA) is 137 Å². The summed E-state index contributed by atoms with van der Waals surface area (Å²) in [6, 6.07) is 1.67. The minimum atomic E-state index is -1.69. The minimum absolute atomic E-state index is 0.0998. The van der Waals surface area contributed by atoms with E-state index in [2.05, 4.69) is 4.98 Å². The second-order valence-electron chi connectivity index (χ2n) is 11.6. The zero-order valence-electron chi connectivity index (χ0n) is 22.9. The predicted molar refractivity (Wildman–Crippen MR) is 135 cm³/mol. The Kier molecular flexibility index (Phi) is 8.62. The van der Waals surface area contributed by atoms with Crippen molar-refractivity contribution in [2.24, 2.45) is 0 Å². The average Bonchev–Trinajstić information content (AvgIpc) is 3.00. The molecule has 2 heterocycles. The zero-order valence-corrected chi connectivity index (χ0v) is 22.9. The third-order valence-electron chi connectivity index (χ3n) is 4.61. The van der Waals surface area contributed by atoms with Gasteiger partial charge in [0.15, 0.2) is 6.04 Å². The molecule has 0 radical (unpaired) electrons. The lowest BCUT2D eigenvalue weighted by Crippen LogP contribution is -2.53. The van der Waals surface area contributed by atoms with Crippen LogP contribution in [0.15, 0.2) is 24.5 Å². The minimum Gasteiger partial charge on any atom is -0.480 e. The van der Waals surface area contributed by atoms with E-state index in [4.69, 9.17) is 14.2 Å². The van der Waals surface area contributed by atoms with Gasteiger partial charge in [-0.2, -0.15) is 4.90 Å². The van der Waals surface area contributed by atoms with Crippen LogP contribution in [-0.2, 0) is 36.8 Å². The van der Waals surface area contributed by atoms with E-state index in [9.17, 15) is 24.3 Å². The van der Waals surface area contributed by atoms with Crippen LogP contribution in [0.5, 0.6) is 0 Å². The highest BCUT2D eigenvalue weighted by Crippen LogP contribution is 2.24. The third-order valence-corrected chi connectivity index (χ3v) is 4.61. The van der Waals surface area contributed by atoms with Gasteiger partial charge >= 0.3 is 24.1 Å². The van der Waals surface area contributed by atoms with Crippen molar-refractivity contribution in [3.63, 3.8) is 0 Å². The summed E-state index contributed by atoms with van der Waals surface area (Å²) < 4.78 is 17.6. The Morgan fingerprint density at radius 1 is 0.919 bits per heavy atom. The summed E-state index contributed by atoms with van der Waals surface area (Å²) in [5.41, 5.74) is -1.18. The van der Waals surface area contributed by atoms with Gasteiger partial charge in [-0.25, -0.2) is 14.4 Å². The highest BCUT2D eigenvalue weighted by Gasteiger charge is 2.41. The lowest BCUT2D eigenvalue weighted by molar-refractivity contribution is -0.154. The predicted octanol–water partition coefficient (Wildman–Crippen LogP) is 4.55. The van der Waals surface area contributed by atoms with Crippen molar-refractivity contribution in [1.29, 1.82) is 0 Å². The SMILES string of the molecule is CC(C)(C)OC(=O)Cc1cn(CC(C(=O)O)N(C(=O)OC(C)(C)C)C(=O)OC(C)(C)C)c2cccnc12. The summed E-state index contributed by atoms with van der Waals surface area (Å²) in [6.45, 7) is 14.5. The average molecular weight is 520 g/mol. The number of carbonyl (C=O) groups excluding carboxylic acids is 3. The largest absolute Gasteiger partial charge is 0.480 e. The number of aliphatic carboxylic acids is 1. The molecule has 0 aliphatic rings. The van der Waals surface area contributed by atoms with E-state index in [0.29, 0.717) is 21.5 Å². The van der Waals surface area contributed by atoms with Gasteiger partial charge in [0.05, 0.1) is 24.0 Å². The molecule has 0 aliphatic carbocycles. The Hall–Kier alpha value is -3.63.